The summed E-state index contributed by atoms with van der Waals surface area (Å²) in [7, 11) is 0. The number of urea groups is 1. The van der Waals surface area contributed by atoms with Crippen molar-refractivity contribution in [3.8, 4) is 0 Å². The minimum absolute atomic E-state index is 0.167. The average Bonchev–Trinajstić information content (AvgIpc) is 3.11. The van der Waals surface area contributed by atoms with Crippen molar-refractivity contribution in [3.05, 3.63) is 0 Å². The number of rotatable bonds is 3. The first-order valence-electron chi connectivity index (χ1n) is 7.18. The minimum atomic E-state index is -0.167. The SMILES string of the molecule is O=C(Nc1nnc(N2CCNCC2)s1)NC1CCCC1. The Morgan fingerprint density at radius 3 is 2.75 bits per heavy atom. The third kappa shape index (κ3) is 3.37. The fourth-order valence-electron chi connectivity index (χ4n) is 2.64. The summed E-state index contributed by atoms with van der Waals surface area (Å²) in [5.74, 6) is 0. The minimum Gasteiger partial charge on any atom is -0.344 e. The number of hydrogen-bond donors (Lipinski definition) is 3. The normalized spacial score (nSPS) is 20.1. The van der Waals surface area contributed by atoms with E-state index >= 15 is 0 Å². The predicted octanol–water partition coefficient (Wildman–Crippen LogP) is 1.01. The predicted molar refractivity (Wildman–Crippen MR) is 79.4 cm³/mol. The molecular formula is C12H20N6OS. The number of nitrogens with one attached hydrogen (secondary N) is 3. The van der Waals surface area contributed by atoms with Crippen molar-refractivity contribution in [1.82, 2.24) is 20.8 Å². The fourth-order valence-corrected chi connectivity index (χ4v) is 3.43. The molecule has 2 fully saturated rings. The highest BCUT2D eigenvalue weighted by molar-refractivity contribution is 7.19. The van der Waals surface area contributed by atoms with Gasteiger partial charge >= 0.3 is 6.03 Å². The molecule has 0 aromatic carbocycles. The summed E-state index contributed by atoms with van der Waals surface area (Å²) in [4.78, 5) is 14.0. The molecule has 2 amide bonds. The van der Waals surface area contributed by atoms with E-state index in [-0.39, 0.29) is 6.03 Å². The standard InChI is InChI=1S/C12H20N6OS/c19-10(14-9-3-1-2-4-9)15-11-16-17-12(20-11)18-7-5-13-6-8-18/h9,13H,1-8H2,(H2,14,15,16,19). The largest absolute Gasteiger partial charge is 0.344 e. The van der Waals surface area contributed by atoms with Crippen LogP contribution in [-0.4, -0.2) is 48.4 Å². The van der Waals surface area contributed by atoms with E-state index in [1.807, 2.05) is 0 Å². The van der Waals surface area contributed by atoms with Crippen LogP contribution in [0.3, 0.4) is 0 Å². The molecule has 8 heteroatoms. The number of nitrogens with zero attached hydrogens (tertiary/aromatic N) is 3. The zero-order chi connectivity index (χ0) is 13.8. The third-order valence-electron chi connectivity index (χ3n) is 3.71. The number of amides is 2. The second-order valence-corrected chi connectivity index (χ2v) is 6.16. The van der Waals surface area contributed by atoms with E-state index in [2.05, 4.69) is 31.0 Å². The molecule has 20 heavy (non-hydrogen) atoms. The number of aromatic nitrogens is 2. The van der Waals surface area contributed by atoms with Gasteiger partial charge in [-0.1, -0.05) is 24.2 Å². The van der Waals surface area contributed by atoms with Gasteiger partial charge in [-0.3, -0.25) is 5.32 Å². The van der Waals surface area contributed by atoms with Gasteiger partial charge in [0.1, 0.15) is 0 Å². The van der Waals surface area contributed by atoms with E-state index in [0.717, 1.165) is 44.2 Å². The Morgan fingerprint density at radius 2 is 2.00 bits per heavy atom. The summed E-state index contributed by atoms with van der Waals surface area (Å²) < 4.78 is 0. The van der Waals surface area contributed by atoms with Crippen molar-refractivity contribution >= 4 is 27.6 Å². The molecule has 2 heterocycles. The first-order chi connectivity index (χ1) is 9.81. The van der Waals surface area contributed by atoms with Crippen molar-refractivity contribution in [2.24, 2.45) is 0 Å². The summed E-state index contributed by atoms with van der Waals surface area (Å²) in [5.41, 5.74) is 0. The molecule has 1 saturated heterocycles. The first-order valence-corrected chi connectivity index (χ1v) is 7.99. The zero-order valence-electron chi connectivity index (χ0n) is 11.4. The Hall–Kier alpha value is -1.41. The van der Waals surface area contributed by atoms with E-state index in [1.54, 1.807) is 0 Å². The lowest BCUT2D eigenvalue weighted by Gasteiger charge is -2.26. The molecule has 0 spiro atoms. The summed E-state index contributed by atoms with van der Waals surface area (Å²) >= 11 is 1.43. The lowest BCUT2D eigenvalue weighted by Crippen LogP contribution is -2.43. The van der Waals surface area contributed by atoms with Crippen molar-refractivity contribution in [1.29, 1.82) is 0 Å². The maximum atomic E-state index is 11.8. The Morgan fingerprint density at radius 1 is 1.25 bits per heavy atom. The fraction of sp³-hybridized carbons (Fsp3) is 0.750. The molecule has 0 radical (unpaired) electrons. The summed E-state index contributed by atoms with van der Waals surface area (Å²) in [6.45, 7) is 3.79. The molecule has 0 unspecified atom stereocenters. The van der Waals surface area contributed by atoms with Crippen LogP contribution < -0.4 is 20.9 Å². The van der Waals surface area contributed by atoms with Gasteiger partial charge in [-0.05, 0) is 12.8 Å². The van der Waals surface area contributed by atoms with E-state index in [1.165, 1.54) is 24.2 Å². The molecular weight excluding hydrogens is 276 g/mol. The molecule has 1 aromatic heterocycles. The molecule has 1 saturated carbocycles. The molecule has 3 N–H and O–H groups in total. The van der Waals surface area contributed by atoms with Gasteiger partial charge in [-0.25, -0.2) is 4.79 Å². The van der Waals surface area contributed by atoms with Crippen LogP contribution in [0.1, 0.15) is 25.7 Å². The maximum absolute atomic E-state index is 11.8. The molecule has 0 atom stereocenters. The Kier molecular flexibility index (Phi) is 4.31. The second-order valence-electron chi connectivity index (χ2n) is 5.21. The summed E-state index contributed by atoms with van der Waals surface area (Å²) in [6.07, 6.45) is 4.57. The second kappa shape index (κ2) is 6.36. The topological polar surface area (TPSA) is 82.2 Å². The number of hydrogen-bond acceptors (Lipinski definition) is 6. The van der Waals surface area contributed by atoms with Crippen LogP contribution in [0.2, 0.25) is 0 Å². The summed E-state index contributed by atoms with van der Waals surface area (Å²) in [6, 6.07) is 0.149. The molecule has 110 valence electrons. The van der Waals surface area contributed by atoms with Gasteiger partial charge in [0.15, 0.2) is 0 Å². The van der Waals surface area contributed by atoms with Gasteiger partial charge in [0.05, 0.1) is 0 Å². The van der Waals surface area contributed by atoms with Gasteiger partial charge in [0.2, 0.25) is 10.3 Å². The van der Waals surface area contributed by atoms with E-state index in [0.29, 0.717) is 11.2 Å². The van der Waals surface area contributed by atoms with Crippen LogP contribution in [-0.2, 0) is 0 Å². The van der Waals surface area contributed by atoms with E-state index in [9.17, 15) is 4.79 Å². The number of piperazine rings is 1. The van der Waals surface area contributed by atoms with Crippen molar-refractivity contribution in [2.45, 2.75) is 31.7 Å². The molecule has 3 rings (SSSR count). The lowest BCUT2D eigenvalue weighted by molar-refractivity contribution is 0.248. The van der Waals surface area contributed by atoms with Gasteiger partial charge in [-0.15, -0.1) is 10.2 Å². The molecule has 0 bridgehead atoms. The molecule has 1 aliphatic heterocycles. The highest BCUT2D eigenvalue weighted by Crippen LogP contribution is 2.24. The highest BCUT2D eigenvalue weighted by atomic mass is 32.1. The highest BCUT2D eigenvalue weighted by Gasteiger charge is 2.19. The molecule has 1 aliphatic carbocycles. The average molecular weight is 296 g/mol. The number of carbonyl (C=O) groups excluding carboxylic acids is 1. The van der Waals surface area contributed by atoms with Crippen LogP contribution >= 0.6 is 11.3 Å². The summed E-state index contributed by atoms with van der Waals surface area (Å²) in [5, 5.41) is 18.7. The van der Waals surface area contributed by atoms with Gasteiger partial charge in [-0.2, -0.15) is 0 Å². The van der Waals surface area contributed by atoms with Gasteiger partial charge in [0.25, 0.3) is 0 Å². The maximum Gasteiger partial charge on any atom is 0.321 e. The van der Waals surface area contributed by atoms with E-state index < -0.39 is 0 Å². The van der Waals surface area contributed by atoms with Crippen molar-refractivity contribution in [2.75, 3.05) is 36.4 Å². The number of carbonyl (C=O) groups is 1. The van der Waals surface area contributed by atoms with Crippen LogP contribution in [0.5, 0.6) is 0 Å². The van der Waals surface area contributed by atoms with Crippen molar-refractivity contribution < 1.29 is 4.79 Å². The zero-order valence-corrected chi connectivity index (χ0v) is 12.2. The molecule has 7 nitrogen and oxygen atoms in total. The van der Waals surface area contributed by atoms with Crippen molar-refractivity contribution in [3.63, 3.8) is 0 Å². The Bertz CT molecular complexity index is 453. The lowest BCUT2D eigenvalue weighted by atomic mass is 10.3. The van der Waals surface area contributed by atoms with Gasteiger partial charge in [0, 0.05) is 32.2 Å². The van der Waals surface area contributed by atoms with E-state index in [4.69, 9.17) is 0 Å². The van der Waals surface area contributed by atoms with Crippen LogP contribution in [0, 0.1) is 0 Å². The van der Waals surface area contributed by atoms with Crippen LogP contribution in [0.15, 0.2) is 0 Å². The monoisotopic (exact) mass is 296 g/mol. The van der Waals surface area contributed by atoms with Gasteiger partial charge < -0.3 is 15.5 Å². The smallest absolute Gasteiger partial charge is 0.321 e. The Labute approximate surface area is 122 Å². The third-order valence-corrected chi connectivity index (χ3v) is 4.61. The quantitative estimate of drug-likeness (QED) is 0.775. The first kappa shape index (κ1) is 13.6. The number of anilines is 2. The molecule has 2 aliphatic rings. The molecule has 1 aromatic rings. The van der Waals surface area contributed by atoms with Crippen LogP contribution in [0.4, 0.5) is 15.1 Å². The van der Waals surface area contributed by atoms with Crippen LogP contribution in [0.25, 0.3) is 0 Å². The Balaban J connectivity index is 1.52.